The van der Waals surface area contributed by atoms with Crippen LogP contribution in [0.25, 0.3) is 0 Å². The van der Waals surface area contributed by atoms with Crippen molar-refractivity contribution >= 4 is 0 Å². The van der Waals surface area contributed by atoms with Gasteiger partial charge in [-0.25, -0.2) is 0 Å². The molecule has 0 fully saturated rings. The zero-order valence-electron chi connectivity index (χ0n) is 8.44. The zero-order chi connectivity index (χ0) is 9.56. The largest absolute Gasteiger partial charge is 0.198 e. The van der Waals surface area contributed by atoms with Crippen LogP contribution in [0.4, 0.5) is 0 Å². The van der Waals surface area contributed by atoms with Gasteiger partial charge in [0.1, 0.15) is 0 Å². The van der Waals surface area contributed by atoms with Gasteiger partial charge in [0.2, 0.25) is 0 Å². The van der Waals surface area contributed by atoms with Gasteiger partial charge >= 0.3 is 0 Å². The molecule has 0 aliphatic heterocycles. The lowest BCUT2D eigenvalue weighted by Crippen LogP contribution is -1.80. The van der Waals surface area contributed by atoms with E-state index in [1.54, 1.807) is 0 Å². The van der Waals surface area contributed by atoms with Crippen LogP contribution < -0.4 is 0 Å². The second kappa shape index (κ2) is 5.60. The van der Waals surface area contributed by atoms with E-state index >= 15 is 0 Å². The Morgan fingerprint density at radius 3 is 2.25 bits per heavy atom. The first-order chi connectivity index (χ1) is 5.57. The molecule has 0 aliphatic rings. The van der Waals surface area contributed by atoms with Gasteiger partial charge < -0.3 is 0 Å². The van der Waals surface area contributed by atoms with Gasteiger partial charge in [-0.05, 0) is 34.1 Å². The van der Waals surface area contributed by atoms with Crippen molar-refractivity contribution in [2.45, 2.75) is 40.5 Å². The molecule has 0 aromatic rings. The smallest absolute Gasteiger partial charge is 0.0666 e. The van der Waals surface area contributed by atoms with Crippen LogP contribution in [0.1, 0.15) is 40.5 Å². The summed E-state index contributed by atoms with van der Waals surface area (Å²) in [6.45, 7) is 8.36. The summed E-state index contributed by atoms with van der Waals surface area (Å²) >= 11 is 0. The lowest BCUT2D eigenvalue weighted by Gasteiger charge is -1.99. The van der Waals surface area contributed by atoms with Gasteiger partial charge in [0, 0.05) is 0 Å². The third-order valence-corrected chi connectivity index (χ3v) is 1.97. The van der Waals surface area contributed by atoms with Crippen LogP contribution in [-0.4, -0.2) is 0 Å². The minimum absolute atomic E-state index is 0.552. The molecule has 0 radical (unpaired) electrons. The van der Waals surface area contributed by atoms with Crippen LogP contribution in [0.3, 0.4) is 0 Å². The van der Waals surface area contributed by atoms with E-state index in [0.717, 1.165) is 12.0 Å². The average molecular weight is 163 g/mol. The number of allylic oxidation sites excluding steroid dienone is 4. The summed E-state index contributed by atoms with van der Waals surface area (Å²) in [6.07, 6.45) is 3.66. The van der Waals surface area contributed by atoms with Crippen molar-refractivity contribution in [2.24, 2.45) is 0 Å². The number of hydrogen-bond acceptors (Lipinski definition) is 1. The number of nitrogens with zero attached hydrogens (tertiary/aromatic N) is 1. The Labute approximate surface area is 75.4 Å². The van der Waals surface area contributed by atoms with Crippen molar-refractivity contribution in [3.63, 3.8) is 0 Å². The minimum atomic E-state index is 0.552. The normalized spacial score (nSPS) is 10.8. The van der Waals surface area contributed by atoms with Crippen LogP contribution >= 0.6 is 0 Å². The zero-order valence-corrected chi connectivity index (χ0v) is 8.44. The van der Waals surface area contributed by atoms with Crippen molar-refractivity contribution < 1.29 is 0 Å². The maximum atomic E-state index is 8.41. The molecule has 0 saturated carbocycles. The fourth-order valence-corrected chi connectivity index (χ4v) is 0.728. The predicted molar refractivity (Wildman–Crippen MR) is 52.7 cm³/mol. The highest BCUT2D eigenvalue weighted by molar-refractivity contribution is 5.14. The Morgan fingerprint density at radius 1 is 1.25 bits per heavy atom. The van der Waals surface area contributed by atoms with Crippen LogP contribution in [0.15, 0.2) is 22.8 Å². The SMILES string of the molecule is CC(=CCC(C)=C(C)C)CC#N. The second-order valence-corrected chi connectivity index (χ2v) is 3.37. The monoisotopic (exact) mass is 163 g/mol. The fraction of sp³-hybridized carbons (Fsp3) is 0.545. The average Bonchev–Trinajstić information content (AvgIpc) is 2.00. The van der Waals surface area contributed by atoms with Crippen LogP contribution in [0.5, 0.6) is 0 Å². The molecule has 1 nitrogen and oxygen atoms in total. The molecule has 0 aliphatic carbocycles. The van der Waals surface area contributed by atoms with E-state index in [9.17, 15) is 0 Å². The summed E-state index contributed by atoms with van der Waals surface area (Å²) in [5.74, 6) is 0. The van der Waals surface area contributed by atoms with Gasteiger partial charge in [0.15, 0.2) is 0 Å². The standard InChI is InChI=1S/C11H17N/c1-9(2)11(4)6-5-10(3)7-8-12/h5H,6-7H2,1-4H3. The van der Waals surface area contributed by atoms with Crippen molar-refractivity contribution in [1.82, 2.24) is 0 Å². The fourth-order valence-electron chi connectivity index (χ4n) is 0.728. The van der Waals surface area contributed by atoms with Crippen molar-refractivity contribution in [1.29, 1.82) is 5.26 Å². The molecular formula is C11H17N. The Kier molecular flexibility index (Phi) is 5.12. The first-order valence-electron chi connectivity index (χ1n) is 4.23. The molecule has 1 heteroatoms. The van der Waals surface area contributed by atoms with Gasteiger partial charge in [-0.1, -0.05) is 22.8 Å². The summed E-state index contributed by atoms with van der Waals surface area (Å²) < 4.78 is 0. The molecule has 12 heavy (non-hydrogen) atoms. The lowest BCUT2D eigenvalue weighted by molar-refractivity contribution is 1.09. The minimum Gasteiger partial charge on any atom is -0.198 e. The van der Waals surface area contributed by atoms with Crippen LogP contribution in [0, 0.1) is 11.3 Å². The molecule has 0 N–H and O–H groups in total. The molecule has 0 unspecified atom stereocenters. The maximum absolute atomic E-state index is 8.41. The molecule has 0 bridgehead atoms. The number of nitriles is 1. The van der Waals surface area contributed by atoms with E-state index in [1.165, 1.54) is 11.1 Å². The molecule has 0 atom stereocenters. The van der Waals surface area contributed by atoms with Gasteiger partial charge in [0.05, 0.1) is 12.5 Å². The Balaban J connectivity index is 4.07. The molecule has 0 amide bonds. The van der Waals surface area contributed by atoms with Crippen molar-refractivity contribution in [3.05, 3.63) is 22.8 Å². The lowest BCUT2D eigenvalue weighted by atomic mass is 10.1. The van der Waals surface area contributed by atoms with Crippen molar-refractivity contribution in [3.8, 4) is 6.07 Å². The molecule has 0 heterocycles. The summed E-state index contributed by atoms with van der Waals surface area (Å²) in [6, 6.07) is 2.14. The molecule has 0 rings (SSSR count). The molecule has 0 saturated heterocycles. The highest BCUT2D eigenvalue weighted by Crippen LogP contribution is 2.10. The first-order valence-corrected chi connectivity index (χ1v) is 4.23. The summed E-state index contributed by atoms with van der Waals surface area (Å²) in [5, 5.41) is 8.41. The molecule has 0 spiro atoms. The quantitative estimate of drug-likeness (QED) is 0.583. The van der Waals surface area contributed by atoms with Crippen molar-refractivity contribution in [2.75, 3.05) is 0 Å². The maximum Gasteiger partial charge on any atom is 0.0666 e. The van der Waals surface area contributed by atoms with E-state index < -0.39 is 0 Å². The molecule has 0 aromatic carbocycles. The third-order valence-electron chi connectivity index (χ3n) is 1.97. The van der Waals surface area contributed by atoms with Gasteiger partial charge in [0.25, 0.3) is 0 Å². The van der Waals surface area contributed by atoms with Gasteiger partial charge in [-0.15, -0.1) is 0 Å². The molecule has 66 valence electrons. The highest BCUT2D eigenvalue weighted by atomic mass is 14.2. The summed E-state index contributed by atoms with van der Waals surface area (Å²) in [5.41, 5.74) is 3.93. The van der Waals surface area contributed by atoms with E-state index in [2.05, 4.69) is 32.9 Å². The number of hydrogen-bond donors (Lipinski definition) is 0. The Bertz CT molecular complexity index is 234. The van der Waals surface area contributed by atoms with Crippen LogP contribution in [-0.2, 0) is 0 Å². The van der Waals surface area contributed by atoms with E-state index in [1.807, 2.05) is 6.92 Å². The highest BCUT2D eigenvalue weighted by Gasteiger charge is 1.91. The third kappa shape index (κ3) is 4.73. The molecule has 0 aromatic heterocycles. The number of rotatable bonds is 3. The second-order valence-electron chi connectivity index (χ2n) is 3.37. The Morgan fingerprint density at radius 2 is 1.83 bits per heavy atom. The topological polar surface area (TPSA) is 23.8 Å². The molecular weight excluding hydrogens is 146 g/mol. The summed E-state index contributed by atoms with van der Waals surface area (Å²) in [4.78, 5) is 0. The van der Waals surface area contributed by atoms with Crippen LogP contribution in [0.2, 0.25) is 0 Å². The van der Waals surface area contributed by atoms with E-state index in [0.29, 0.717) is 6.42 Å². The van der Waals surface area contributed by atoms with Gasteiger partial charge in [-0.3, -0.25) is 0 Å². The van der Waals surface area contributed by atoms with E-state index in [-0.39, 0.29) is 0 Å². The predicted octanol–water partition coefficient (Wildman–Crippen LogP) is 3.59. The van der Waals surface area contributed by atoms with E-state index in [4.69, 9.17) is 5.26 Å². The first kappa shape index (κ1) is 11.0. The van der Waals surface area contributed by atoms with Gasteiger partial charge in [-0.2, -0.15) is 5.26 Å². The Hall–Kier alpha value is -1.03. The summed E-state index contributed by atoms with van der Waals surface area (Å²) in [7, 11) is 0.